The van der Waals surface area contributed by atoms with Gasteiger partial charge in [0.05, 0.1) is 5.92 Å². The van der Waals surface area contributed by atoms with Crippen LogP contribution in [-0.4, -0.2) is 32.7 Å². The average Bonchev–Trinajstić information content (AvgIpc) is 2.97. The predicted molar refractivity (Wildman–Crippen MR) is 73.3 cm³/mol. The van der Waals surface area contributed by atoms with Gasteiger partial charge in [-0.2, -0.15) is 16.7 Å². The van der Waals surface area contributed by atoms with Gasteiger partial charge in [-0.3, -0.25) is 4.98 Å². The molecule has 0 spiro atoms. The van der Waals surface area contributed by atoms with Gasteiger partial charge in [-0.1, -0.05) is 5.16 Å². The van der Waals surface area contributed by atoms with Crippen molar-refractivity contribution < 1.29 is 4.52 Å². The number of rotatable bonds is 2. The molecule has 1 saturated heterocycles. The molecular weight excluding hydrogens is 316 g/mol. The van der Waals surface area contributed by atoms with Crippen LogP contribution in [0.5, 0.6) is 0 Å². The van der Waals surface area contributed by atoms with Crippen LogP contribution >= 0.6 is 27.7 Å². The Bertz CT molecular complexity index is 561. The Morgan fingerprint density at radius 2 is 2.28 bits per heavy atom. The second kappa shape index (κ2) is 4.99. The smallest absolute Gasteiger partial charge is 0.232 e. The molecule has 0 amide bonds. The van der Waals surface area contributed by atoms with E-state index in [1.807, 2.05) is 17.8 Å². The molecule has 1 aliphatic rings. The average molecular weight is 327 g/mol. The van der Waals surface area contributed by atoms with E-state index in [-0.39, 0.29) is 12.0 Å². The van der Waals surface area contributed by atoms with E-state index in [1.165, 1.54) is 0 Å². The van der Waals surface area contributed by atoms with E-state index < -0.39 is 0 Å². The predicted octanol–water partition coefficient (Wildman–Crippen LogP) is 2.05. The Balaban J connectivity index is 1.89. The van der Waals surface area contributed by atoms with Crippen molar-refractivity contribution in [2.24, 2.45) is 5.73 Å². The van der Waals surface area contributed by atoms with Crippen molar-refractivity contribution >= 4 is 27.7 Å². The molecule has 2 N–H and O–H groups in total. The van der Waals surface area contributed by atoms with Crippen molar-refractivity contribution in [1.29, 1.82) is 0 Å². The van der Waals surface area contributed by atoms with Crippen molar-refractivity contribution in [2.45, 2.75) is 12.0 Å². The topological polar surface area (TPSA) is 77.8 Å². The first-order valence-electron chi connectivity index (χ1n) is 5.52. The molecule has 0 aliphatic carbocycles. The Hall–Kier alpha value is -0.920. The van der Waals surface area contributed by atoms with Crippen LogP contribution in [0, 0.1) is 0 Å². The maximum atomic E-state index is 6.01. The quantitative estimate of drug-likeness (QED) is 0.910. The molecule has 0 bridgehead atoms. The number of nitrogens with two attached hydrogens (primary N) is 1. The summed E-state index contributed by atoms with van der Waals surface area (Å²) in [6, 6.07) is 2.01. The van der Waals surface area contributed by atoms with Crippen LogP contribution in [0.2, 0.25) is 0 Å². The Labute approximate surface area is 117 Å². The van der Waals surface area contributed by atoms with Crippen LogP contribution in [0.15, 0.2) is 27.5 Å². The molecule has 5 nitrogen and oxygen atoms in total. The summed E-state index contributed by atoms with van der Waals surface area (Å²) in [6.07, 6.45) is 3.43. The van der Waals surface area contributed by atoms with Crippen LogP contribution in [0.3, 0.4) is 0 Å². The van der Waals surface area contributed by atoms with Crippen molar-refractivity contribution in [2.75, 3.05) is 11.5 Å². The van der Waals surface area contributed by atoms with E-state index in [4.69, 9.17) is 10.3 Å². The molecule has 3 rings (SSSR count). The van der Waals surface area contributed by atoms with Crippen LogP contribution in [-0.2, 0) is 0 Å². The molecule has 0 aromatic carbocycles. The van der Waals surface area contributed by atoms with Gasteiger partial charge in [0.1, 0.15) is 0 Å². The van der Waals surface area contributed by atoms with Crippen LogP contribution in [0.25, 0.3) is 11.4 Å². The monoisotopic (exact) mass is 326 g/mol. The van der Waals surface area contributed by atoms with E-state index >= 15 is 0 Å². The maximum Gasteiger partial charge on any atom is 0.232 e. The third-order valence-corrected chi connectivity index (χ3v) is 4.50. The summed E-state index contributed by atoms with van der Waals surface area (Å²) in [5.41, 5.74) is 6.85. The van der Waals surface area contributed by atoms with Gasteiger partial charge in [0.2, 0.25) is 11.7 Å². The molecule has 18 heavy (non-hydrogen) atoms. The molecule has 3 heterocycles. The van der Waals surface area contributed by atoms with Gasteiger partial charge in [0.25, 0.3) is 0 Å². The number of thioether (sulfide) groups is 1. The fourth-order valence-electron chi connectivity index (χ4n) is 1.86. The molecule has 2 unspecified atom stereocenters. The van der Waals surface area contributed by atoms with E-state index in [0.717, 1.165) is 21.5 Å². The number of halogens is 1. The maximum absolute atomic E-state index is 6.01. The van der Waals surface area contributed by atoms with E-state index in [1.54, 1.807) is 12.4 Å². The number of nitrogens with zero attached hydrogens (tertiary/aromatic N) is 3. The lowest BCUT2D eigenvalue weighted by Crippen LogP contribution is -2.26. The SMILES string of the molecule is NC1CSCC1c1nc(-c2cncc(Br)c2)no1. The molecule has 0 radical (unpaired) electrons. The standard InChI is InChI=1S/C11H11BrN4OS/c12-7-1-6(2-14-3-7)10-15-11(17-16-10)8-4-18-5-9(8)13/h1-3,8-9H,4-5,13H2. The highest BCUT2D eigenvalue weighted by atomic mass is 79.9. The van der Waals surface area contributed by atoms with Gasteiger partial charge in [-0.25, -0.2) is 0 Å². The summed E-state index contributed by atoms with van der Waals surface area (Å²) in [6.45, 7) is 0. The second-order valence-corrected chi connectivity index (χ2v) is 6.15. The molecular formula is C11H11BrN4OS. The zero-order valence-electron chi connectivity index (χ0n) is 9.41. The third-order valence-electron chi connectivity index (χ3n) is 2.85. The number of pyridine rings is 1. The molecule has 0 saturated carbocycles. The van der Waals surface area contributed by atoms with Crippen molar-refractivity contribution in [1.82, 2.24) is 15.1 Å². The van der Waals surface area contributed by atoms with Crippen molar-refractivity contribution in [3.05, 3.63) is 28.8 Å². The largest absolute Gasteiger partial charge is 0.339 e. The first kappa shape index (κ1) is 12.1. The fraction of sp³-hybridized carbons (Fsp3) is 0.364. The third kappa shape index (κ3) is 2.30. The summed E-state index contributed by atoms with van der Waals surface area (Å²) in [4.78, 5) is 8.51. The van der Waals surface area contributed by atoms with Gasteiger partial charge in [0, 0.05) is 40.0 Å². The summed E-state index contributed by atoms with van der Waals surface area (Å²) in [7, 11) is 0. The van der Waals surface area contributed by atoms with Gasteiger partial charge < -0.3 is 10.3 Å². The summed E-state index contributed by atoms with van der Waals surface area (Å²) in [5, 5.41) is 3.99. The lowest BCUT2D eigenvalue weighted by molar-refractivity contribution is 0.352. The minimum atomic E-state index is 0.101. The molecule has 1 fully saturated rings. The molecule has 2 atom stereocenters. The molecule has 2 aromatic rings. The zero-order valence-corrected chi connectivity index (χ0v) is 11.8. The molecule has 1 aliphatic heterocycles. The number of hydrogen-bond acceptors (Lipinski definition) is 6. The number of aromatic nitrogens is 3. The first-order chi connectivity index (χ1) is 8.74. The zero-order chi connectivity index (χ0) is 12.5. The minimum absolute atomic E-state index is 0.101. The fourth-order valence-corrected chi connectivity index (χ4v) is 3.51. The van der Waals surface area contributed by atoms with Crippen LogP contribution < -0.4 is 5.73 Å². The minimum Gasteiger partial charge on any atom is -0.339 e. The Morgan fingerprint density at radius 3 is 3.00 bits per heavy atom. The van der Waals surface area contributed by atoms with Crippen LogP contribution in [0.1, 0.15) is 11.8 Å². The Kier molecular flexibility index (Phi) is 3.36. The lowest BCUT2D eigenvalue weighted by Gasteiger charge is -2.07. The van der Waals surface area contributed by atoms with Gasteiger partial charge in [0.15, 0.2) is 0 Å². The summed E-state index contributed by atoms with van der Waals surface area (Å²) < 4.78 is 6.20. The summed E-state index contributed by atoms with van der Waals surface area (Å²) >= 11 is 5.19. The highest BCUT2D eigenvalue weighted by molar-refractivity contribution is 9.10. The van der Waals surface area contributed by atoms with Crippen LogP contribution in [0.4, 0.5) is 0 Å². The van der Waals surface area contributed by atoms with Crippen molar-refractivity contribution in [3.63, 3.8) is 0 Å². The summed E-state index contributed by atoms with van der Waals surface area (Å²) in [5.74, 6) is 3.24. The lowest BCUT2D eigenvalue weighted by atomic mass is 10.1. The molecule has 7 heteroatoms. The van der Waals surface area contributed by atoms with Crippen molar-refractivity contribution in [3.8, 4) is 11.4 Å². The van der Waals surface area contributed by atoms with Gasteiger partial charge >= 0.3 is 0 Å². The second-order valence-electron chi connectivity index (χ2n) is 4.16. The van der Waals surface area contributed by atoms with E-state index in [2.05, 4.69) is 31.1 Å². The van der Waals surface area contributed by atoms with E-state index in [0.29, 0.717) is 11.7 Å². The normalized spacial score (nSPS) is 23.4. The first-order valence-corrected chi connectivity index (χ1v) is 7.46. The van der Waals surface area contributed by atoms with Gasteiger partial charge in [-0.05, 0) is 22.0 Å². The number of hydrogen-bond donors (Lipinski definition) is 1. The molecule has 94 valence electrons. The molecule has 2 aromatic heterocycles. The highest BCUT2D eigenvalue weighted by Gasteiger charge is 2.31. The van der Waals surface area contributed by atoms with E-state index in [9.17, 15) is 0 Å². The highest BCUT2D eigenvalue weighted by Crippen LogP contribution is 2.31. The Morgan fingerprint density at radius 1 is 1.39 bits per heavy atom. The van der Waals surface area contributed by atoms with Gasteiger partial charge in [-0.15, -0.1) is 0 Å².